The molecule has 0 saturated carbocycles. The number of hydrogen-bond donors (Lipinski definition) is 0. The van der Waals surface area contributed by atoms with Gasteiger partial charge in [-0.1, -0.05) is 13.8 Å². The van der Waals surface area contributed by atoms with Crippen molar-refractivity contribution in [1.82, 2.24) is 20.1 Å². The van der Waals surface area contributed by atoms with Crippen LogP contribution in [0.5, 0.6) is 0 Å². The maximum absolute atomic E-state index is 12.8. The van der Waals surface area contributed by atoms with Crippen molar-refractivity contribution < 1.29 is 13.9 Å². The number of hydrogen-bond acceptors (Lipinski definition) is 7. The maximum atomic E-state index is 12.8. The summed E-state index contributed by atoms with van der Waals surface area (Å²) in [5.41, 5.74) is 0.604. The number of carbonyl (C=O) groups excluding carboxylic acids is 1. The molecule has 0 radical (unpaired) electrons. The molecular weight excluding hydrogens is 322 g/mol. The number of amides is 1. The molecule has 134 valence electrons. The third-order valence-corrected chi connectivity index (χ3v) is 4.03. The fraction of sp³-hybridized carbons (Fsp3) is 0.529. The quantitative estimate of drug-likeness (QED) is 0.836. The molecule has 3 heterocycles. The SMILES string of the molecule is CC(C)c1nnc([C@H]2CN(C(=O)c3ccnc(N(C)C)c3)CCO2)o1. The van der Waals surface area contributed by atoms with Crippen LogP contribution in [0.1, 0.15) is 48.0 Å². The number of pyridine rings is 1. The lowest BCUT2D eigenvalue weighted by Gasteiger charge is -2.31. The Morgan fingerprint density at radius 3 is 2.84 bits per heavy atom. The average molecular weight is 345 g/mol. The molecule has 3 rings (SSSR count). The van der Waals surface area contributed by atoms with Gasteiger partial charge in [0.2, 0.25) is 11.8 Å². The smallest absolute Gasteiger partial charge is 0.254 e. The van der Waals surface area contributed by atoms with E-state index in [1.165, 1.54) is 0 Å². The van der Waals surface area contributed by atoms with Crippen molar-refractivity contribution in [2.45, 2.75) is 25.9 Å². The Bertz CT molecular complexity index is 743. The Hall–Kier alpha value is -2.48. The van der Waals surface area contributed by atoms with Gasteiger partial charge in [0, 0.05) is 38.3 Å². The van der Waals surface area contributed by atoms with Gasteiger partial charge >= 0.3 is 0 Å². The summed E-state index contributed by atoms with van der Waals surface area (Å²) in [7, 11) is 3.78. The number of nitrogens with zero attached hydrogens (tertiary/aromatic N) is 5. The summed E-state index contributed by atoms with van der Waals surface area (Å²) in [6, 6.07) is 3.51. The lowest BCUT2D eigenvalue weighted by Crippen LogP contribution is -2.42. The fourth-order valence-electron chi connectivity index (χ4n) is 2.57. The van der Waals surface area contributed by atoms with Gasteiger partial charge in [-0.2, -0.15) is 0 Å². The molecule has 1 aliphatic rings. The molecule has 0 aliphatic carbocycles. The van der Waals surface area contributed by atoms with Crippen LogP contribution < -0.4 is 4.90 Å². The zero-order valence-electron chi connectivity index (χ0n) is 15.0. The topological polar surface area (TPSA) is 84.6 Å². The van der Waals surface area contributed by atoms with Crippen LogP contribution in [0.2, 0.25) is 0 Å². The van der Waals surface area contributed by atoms with Crippen molar-refractivity contribution in [1.29, 1.82) is 0 Å². The molecule has 1 aliphatic heterocycles. The number of morpholine rings is 1. The van der Waals surface area contributed by atoms with Crippen molar-refractivity contribution in [2.24, 2.45) is 0 Å². The van der Waals surface area contributed by atoms with E-state index in [-0.39, 0.29) is 11.8 Å². The van der Waals surface area contributed by atoms with E-state index in [1.54, 1.807) is 23.2 Å². The molecule has 1 amide bonds. The molecule has 0 bridgehead atoms. The number of anilines is 1. The van der Waals surface area contributed by atoms with Crippen molar-refractivity contribution in [3.63, 3.8) is 0 Å². The van der Waals surface area contributed by atoms with Crippen LogP contribution in [0.15, 0.2) is 22.7 Å². The lowest BCUT2D eigenvalue weighted by molar-refractivity contribution is -0.0351. The Kier molecular flexibility index (Phi) is 4.98. The highest BCUT2D eigenvalue weighted by atomic mass is 16.5. The first-order valence-electron chi connectivity index (χ1n) is 8.33. The van der Waals surface area contributed by atoms with Gasteiger partial charge in [0.1, 0.15) is 5.82 Å². The highest BCUT2D eigenvalue weighted by molar-refractivity contribution is 5.95. The second-order valence-electron chi connectivity index (χ2n) is 6.54. The minimum Gasteiger partial charge on any atom is -0.422 e. The van der Waals surface area contributed by atoms with Crippen molar-refractivity contribution in [2.75, 3.05) is 38.7 Å². The first-order chi connectivity index (χ1) is 12.0. The third kappa shape index (κ3) is 3.79. The van der Waals surface area contributed by atoms with Gasteiger partial charge in [0.15, 0.2) is 6.10 Å². The van der Waals surface area contributed by atoms with Crippen molar-refractivity contribution in [3.05, 3.63) is 35.7 Å². The first kappa shape index (κ1) is 17.3. The van der Waals surface area contributed by atoms with Gasteiger partial charge < -0.3 is 19.0 Å². The van der Waals surface area contributed by atoms with Crippen molar-refractivity contribution in [3.8, 4) is 0 Å². The van der Waals surface area contributed by atoms with Crippen LogP contribution in [0, 0.1) is 0 Å². The summed E-state index contributed by atoms with van der Waals surface area (Å²) in [6.07, 6.45) is 1.25. The van der Waals surface area contributed by atoms with Gasteiger partial charge in [-0.25, -0.2) is 4.98 Å². The largest absolute Gasteiger partial charge is 0.422 e. The third-order valence-electron chi connectivity index (χ3n) is 4.03. The molecule has 1 atom stereocenters. The van der Waals surface area contributed by atoms with Crippen LogP contribution in [0.4, 0.5) is 5.82 Å². The Balaban J connectivity index is 1.74. The molecule has 2 aromatic heterocycles. The van der Waals surface area contributed by atoms with Gasteiger partial charge in [-0.3, -0.25) is 4.79 Å². The molecule has 25 heavy (non-hydrogen) atoms. The highest BCUT2D eigenvalue weighted by Crippen LogP contribution is 2.24. The van der Waals surface area contributed by atoms with Crippen LogP contribution in [-0.2, 0) is 4.74 Å². The lowest BCUT2D eigenvalue weighted by atomic mass is 10.2. The van der Waals surface area contributed by atoms with Crippen LogP contribution in [0.25, 0.3) is 0 Å². The van der Waals surface area contributed by atoms with E-state index >= 15 is 0 Å². The zero-order chi connectivity index (χ0) is 18.0. The normalized spacial score (nSPS) is 17.8. The molecule has 0 aromatic carbocycles. The standard InChI is InChI=1S/C17H23N5O3/c1-11(2)15-19-20-16(25-15)13-10-22(7-8-24-13)17(23)12-5-6-18-14(9-12)21(3)4/h5-6,9,11,13H,7-8,10H2,1-4H3/t13-/m1/s1. The highest BCUT2D eigenvalue weighted by Gasteiger charge is 2.30. The van der Waals surface area contributed by atoms with E-state index in [0.717, 1.165) is 5.82 Å². The minimum absolute atomic E-state index is 0.0533. The minimum atomic E-state index is -0.396. The second kappa shape index (κ2) is 7.18. The summed E-state index contributed by atoms with van der Waals surface area (Å²) < 4.78 is 11.4. The number of aromatic nitrogens is 3. The van der Waals surface area contributed by atoms with Crippen LogP contribution >= 0.6 is 0 Å². The second-order valence-corrected chi connectivity index (χ2v) is 6.54. The van der Waals surface area contributed by atoms with E-state index < -0.39 is 6.10 Å². The first-order valence-corrected chi connectivity index (χ1v) is 8.33. The van der Waals surface area contributed by atoms with Gasteiger partial charge in [-0.05, 0) is 12.1 Å². The van der Waals surface area contributed by atoms with E-state index in [2.05, 4.69) is 15.2 Å². The molecule has 0 spiro atoms. The molecule has 0 N–H and O–H groups in total. The molecule has 0 unspecified atom stereocenters. The summed E-state index contributed by atoms with van der Waals surface area (Å²) in [5.74, 6) is 1.84. The van der Waals surface area contributed by atoms with E-state index in [9.17, 15) is 4.79 Å². The molecular formula is C17H23N5O3. The zero-order valence-corrected chi connectivity index (χ0v) is 15.0. The average Bonchev–Trinajstić information content (AvgIpc) is 3.12. The number of rotatable bonds is 4. The van der Waals surface area contributed by atoms with E-state index in [1.807, 2.05) is 32.8 Å². The van der Waals surface area contributed by atoms with Gasteiger partial charge in [0.25, 0.3) is 5.91 Å². The summed E-state index contributed by atoms with van der Waals surface area (Å²) in [5, 5.41) is 8.10. The van der Waals surface area contributed by atoms with E-state index in [0.29, 0.717) is 37.0 Å². The molecule has 8 heteroatoms. The molecule has 8 nitrogen and oxygen atoms in total. The monoisotopic (exact) mass is 345 g/mol. The van der Waals surface area contributed by atoms with Gasteiger partial charge in [-0.15, -0.1) is 10.2 Å². The Morgan fingerprint density at radius 2 is 2.16 bits per heavy atom. The summed E-state index contributed by atoms with van der Waals surface area (Å²) in [6.45, 7) is 5.32. The molecule has 1 saturated heterocycles. The summed E-state index contributed by atoms with van der Waals surface area (Å²) in [4.78, 5) is 20.7. The predicted octanol–water partition coefficient (Wildman–Crippen LogP) is 1.87. The fourth-order valence-corrected chi connectivity index (χ4v) is 2.57. The van der Waals surface area contributed by atoms with E-state index in [4.69, 9.17) is 9.15 Å². The summed E-state index contributed by atoms with van der Waals surface area (Å²) >= 11 is 0. The maximum Gasteiger partial charge on any atom is 0.254 e. The van der Waals surface area contributed by atoms with Crippen LogP contribution in [0.3, 0.4) is 0 Å². The van der Waals surface area contributed by atoms with Crippen LogP contribution in [-0.4, -0.2) is 59.8 Å². The number of ether oxygens (including phenoxy) is 1. The Labute approximate surface area is 146 Å². The molecule has 2 aromatic rings. The molecule has 1 fully saturated rings. The van der Waals surface area contributed by atoms with Gasteiger partial charge in [0.05, 0.1) is 13.2 Å². The predicted molar refractivity (Wildman–Crippen MR) is 91.5 cm³/mol. The van der Waals surface area contributed by atoms with Crippen molar-refractivity contribution >= 4 is 11.7 Å². The number of carbonyl (C=O) groups is 1. The Morgan fingerprint density at radius 1 is 1.36 bits per heavy atom.